The van der Waals surface area contributed by atoms with Gasteiger partial charge in [0.25, 0.3) is 0 Å². The number of fused-ring (bicyclic) bond motifs is 1. The summed E-state index contributed by atoms with van der Waals surface area (Å²) in [7, 11) is 0. The van der Waals surface area contributed by atoms with Gasteiger partial charge in [-0.2, -0.15) is 5.10 Å². The number of nitrogens with zero attached hydrogens (tertiary/aromatic N) is 3. The second-order valence-corrected chi connectivity index (χ2v) is 4.25. The standard InChI is InChI=1S/C12H13FN4/c13-9-5-2-1-4-8(9)11-15-12-10(14)6-3-7-17(12)16-11/h1-2,4-5,10H,3,6-7,14H2. The Kier molecular flexibility index (Phi) is 2.40. The molecule has 88 valence electrons. The van der Waals surface area contributed by atoms with E-state index < -0.39 is 0 Å². The first-order valence-electron chi connectivity index (χ1n) is 5.71. The highest BCUT2D eigenvalue weighted by molar-refractivity contribution is 5.55. The van der Waals surface area contributed by atoms with Gasteiger partial charge in [0.1, 0.15) is 11.6 Å². The van der Waals surface area contributed by atoms with E-state index in [2.05, 4.69) is 10.1 Å². The minimum absolute atomic E-state index is 0.0863. The molecular weight excluding hydrogens is 219 g/mol. The zero-order valence-corrected chi connectivity index (χ0v) is 9.31. The van der Waals surface area contributed by atoms with Crippen molar-refractivity contribution in [2.75, 3.05) is 0 Å². The molecule has 1 aliphatic heterocycles. The fraction of sp³-hybridized carbons (Fsp3) is 0.333. The van der Waals surface area contributed by atoms with Crippen molar-refractivity contribution in [3.63, 3.8) is 0 Å². The first-order chi connectivity index (χ1) is 8.25. The zero-order chi connectivity index (χ0) is 11.8. The molecule has 4 nitrogen and oxygen atoms in total. The van der Waals surface area contributed by atoms with Crippen molar-refractivity contribution in [2.45, 2.75) is 25.4 Å². The van der Waals surface area contributed by atoms with Crippen LogP contribution >= 0.6 is 0 Å². The van der Waals surface area contributed by atoms with Crippen molar-refractivity contribution >= 4 is 0 Å². The molecule has 2 N–H and O–H groups in total. The molecule has 0 saturated carbocycles. The van der Waals surface area contributed by atoms with Crippen LogP contribution in [0.3, 0.4) is 0 Å². The highest BCUT2D eigenvalue weighted by Crippen LogP contribution is 2.25. The number of hydrogen-bond acceptors (Lipinski definition) is 3. The summed E-state index contributed by atoms with van der Waals surface area (Å²) in [6, 6.07) is 6.44. The molecule has 2 aromatic rings. The molecule has 0 radical (unpaired) electrons. The molecule has 1 atom stereocenters. The van der Waals surface area contributed by atoms with Crippen LogP contribution in [0.5, 0.6) is 0 Å². The van der Waals surface area contributed by atoms with Crippen LogP contribution in [-0.4, -0.2) is 14.8 Å². The largest absolute Gasteiger partial charge is 0.321 e. The molecule has 1 aliphatic rings. The van der Waals surface area contributed by atoms with Crippen molar-refractivity contribution in [3.8, 4) is 11.4 Å². The minimum atomic E-state index is -0.302. The average Bonchev–Trinajstić information content (AvgIpc) is 2.75. The van der Waals surface area contributed by atoms with E-state index in [9.17, 15) is 4.39 Å². The Hall–Kier alpha value is -1.75. The Morgan fingerprint density at radius 1 is 1.35 bits per heavy atom. The van der Waals surface area contributed by atoms with Gasteiger partial charge in [-0.25, -0.2) is 14.1 Å². The summed E-state index contributed by atoms with van der Waals surface area (Å²) in [5, 5.41) is 4.32. The lowest BCUT2D eigenvalue weighted by Crippen LogP contribution is -2.22. The van der Waals surface area contributed by atoms with E-state index in [1.807, 2.05) is 0 Å². The lowest BCUT2D eigenvalue weighted by atomic mass is 10.1. The summed E-state index contributed by atoms with van der Waals surface area (Å²) in [4.78, 5) is 4.35. The molecule has 0 fully saturated rings. The average molecular weight is 232 g/mol. The lowest BCUT2D eigenvalue weighted by Gasteiger charge is -2.17. The maximum Gasteiger partial charge on any atom is 0.184 e. The Morgan fingerprint density at radius 2 is 2.18 bits per heavy atom. The fourth-order valence-corrected chi connectivity index (χ4v) is 2.14. The second kappa shape index (κ2) is 3.92. The molecule has 1 unspecified atom stereocenters. The topological polar surface area (TPSA) is 56.7 Å². The van der Waals surface area contributed by atoms with Crippen LogP contribution in [0.25, 0.3) is 11.4 Å². The van der Waals surface area contributed by atoms with Crippen molar-refractivity contribution in [1.82, 2.24) is 14.8 Å². The highest BCUT2D eigenvalue weighted by atomic mass is 19.1. The maximum atomic E-state index is 13.6. The normalized spacial score (nSPS) is 19.1. The van der Waals surface area contributed by atoms with Crippen LogP contribution in [0.15, 0.2) is 24.3 Å². The minimum Gasteiger partial charge on any atom is -0.321 e. The van der Waals surface area contributed by atoms with E-state index in [0.717, 1.165) is 25.2 Å². The van der Waals surface area contributed by atoms with Crippen LogP contribution in [0.2, 0.25) is 0 Å². The lowest BCUT2D eigenvalue weighted by molar-refractivity contribution is 0.422. The van der Waals surface area contributed by atoms with Gasteiger partial charge < -0.3 is 5.73 Å². The summed E-state index contributed by atoms with van der Waals surface area (Å²) < 4.78 is 15.4. The monoisotopic (exact) mass is 232 g/mol. The van der Waals surface area contributed by atoms with Gasteiger partial charge in [-0.1, -0.05) is 12.1 Å². The van der Waals surface area contributed by atoms with Gasteiger partial charge in [0.05, 0.1) is 11.6 Å². The van der Waals surface area contributed by atoms with E-state index in [1.54, 1.807) is 22.9 Å². The number of aromatic nitrogens is 3. The van der Waals surface area contributed by atoms with Gasteiger partial charge in [-0.15, -0.1) is 0 Å². The van der Waals surface area contributed by atoms with E-state index in [0.29, 0.717) is 11.4 Å². The van der Waals surface area contributed by atoms with Crippen LogP contribution in [0.1, 0.15) is 24.7 Å². The van der Waals surface area contributed by atoms with Crippen LogP contribution in [-0.2, 0) is 6.54 Å². The van der Waals surface area contributed by atoms with Crippen LogP contribution < -0.4 is 5.73 Å². The summed E-state index contributed by atoms with van der Waals surface area (Å²) in [6.07, 6.45) is 1.91. The van der Waals surface area contributed by atoms with Gasteiger partial charge >= 0.3 is 0 Å². The van der Waals surface area contributed by atoms with Crippen molar-refractivity contribution < 1.29 is 4.39 Å². The molecule has 0 bridgehead atoms. The Bertz CT molecular complexity index is 549. The fourth-order valence-electron chi connectivity index (χ4n) is 2.14. The first-order valence-corrected chi connectivity index (χ1v) is 5.71. The molecule has 5 heteroatoms. The van der Waals surface area contributed by atoms with Crippen molar-refractivity contribution in [2.24, 2.45) is 5.73 Å². The number of benzene rings is 1. The summed E-state index contributed by atoms with van der Waals surface area (Å²) in [5.41, 5.74) is 6.39. The third-order valence-corrected chi connectivity index (χ3v) is 3.03. The predicted octanol–water partition coefficient (Wildman–Crippen LogP) is 1.88. The molecule has 3 rings (SSSR count). The van der Waals surface area contributed by atoms with E-state index in [4.69, 9.17) is 5.73 Å². The molecule has 0 saturated heterocycles. The highest BCUT2D eigenvalue weighted by Gasteiger charge is 2.22. The Labute approximate surface area is 98.3 Å². The Balaban J connectivity index is 2.08. The molecular formula is C12H13FN4. The smallest absolute Gasteiger partial charge is 0.184 e. The number of nitrogens with two attached hydrogens (primary N) is 1. The second-order valence-electron chi connectivity index (χ2n) is 4.25. The van der Waals surface area contributed by atoms with Crippen LogP contribution in [0, 0.1) is 5.82 Å². The quantitative estimate of drug-likeness (QED) is 0.816. The van der Waals surface area contributed by atoms with Gasteiger partial charge in [-0.05, 0) is 25.0 Å². The van der Waals surface area contributed by atoms with Gasteiger partial charge in [0, 0.05) is 6.54 Å². The van der Waals surface area contributed by atoms with Crippen molar-refractivity contribution in [3.05, 3.63) is 35.9 Å². The molecule has 0 spiro atoms. The van der Waals surface area contributed by atoms with Crippen LogP contribution in [0.4, 0.5) is 4.39 Å². The van der Waals surface area contributed by atoms with E-state index >= 15 is 0 Å². The molecule has 0 amide bonds. The van der Waals surface area contributed by atoms with E-state index in [1.165, 1.54) is 6.07 Å². The van der Waals surface area contributed by atoms with Gasteiger partial charge in [-0.3, -0.25) is 0 Å². The zero-order valence-electron chi connectivity index (χ0n) is 9.31. The molecule has 1 aromatic carbocycles. The number of halogens is 1. The van der Waals surface area contributed by atoms with Gasteiger partial charge in [0.2, 0.25) is 0 Å². The molecule has 17 heavy (non-hydrogen) atoms. The third-order valence-electron chi connectivity index (χ3n) is 3.03. The number of rotatable bonds is 1. The van der Waals surface area contributed by atoms with Gasteiger partial charge in [0.15, 0.2) is 5.82 Å². The number of aryl methyl sites for hydroxylation is 1. The molecule has 0 aliphatic carbocycles. The number of hydrogen-bond donors (Lipinski definition) is 1. The van der Waals surface area contributed by atoms with E-state index in [-0.39, 0.29) is 11.9 Å². The summed E-state index contributed by atoms with van der Waals surface area (Å²) in [5.74, 6) is 0.883. The summed E-state index contributed by atoms with van der Waals surface area (Å²) in [6.45, 7) is 0.810. The SMILES string of the molecule is NC1CCCn2nc(-c3ccccc3F)nc21. The first kappa shape index (κ1) is 10.4. The maximum absolute atomic E-state index is 13.6. The summed E-state index contributed by atoms with van der Waals surface area (Å²) >= 11 is 0. The van der Waals surface area contributed by atoms with Crippen molar-refractivity contribution in [1.29, 1.82) is 0 Å². The third kappa shape index (κ3) is 1.72. The predicted molar refractivity (Wildman–Crippen MR) is 61.6 cm³/mol. The Morgan fingerprint density at radius 3 is 2.94 bits per heavy atom. The molecule has 1 aromatic heterocycles. The molecule has 2 heterocycles.